The highest BCUT2D eigenvalue weighted by molar-refractivity contribution is 7.09. The average Bonchev–Trinajstić information content (AvgIpc) is 2.74. The van der Waals surface area contributed by atoms with E-state index in [1.54, 1.807) is 11.3 Å². The molecular formula is C13H18N4S. The molecule has 2 heterocycles. The fraction of sp³-hybridized carbons (Fsp3) is 0.385. The van der Waals surface area contributed by atoms with Gasteiger partial charge in [0.15, 0.2) is 0 Å². The predicted molar refractivity (Wildman–Crippen MR) is 75.8 cm³/mol. The molecule has 2 aromatic rings. The van der Waals surface area contributed by atoms with Crippen molar-refractivity contribution in [2.75, 3.05) is 19.4 Å². The SMILES string of the molecule is CNc1cccc(CN(C)Cc2csc(C)n2)n1. The average molecular weight is 262 g/mol. The van der Waals surface area contributed by atoms with Crippen LogP contribution in [0.3, 0.4) is 0 Å². The molecule has 2 aromatic heterocycles. The highest BCUT2D eigenvalue weighted by Crippen LogP contribution is 2.12. The number of rotatable bonds is 5. The Morgan fingerprint density at radius 3 is 2.67 bits per heavy atom. The second kappa shape index (κ2) is 5.93. The fourth-order valence-electron chi connectivity index (χ4n) is 1.80. The zero-order valence-corrected chi connectivity index (χ0v) is 11.8. The van der Waals surface area contributed by atoms with E-state index in [0.717, 1.165) is 35.3 Å². The number of hydrogen-bond acceptors (Lipinski definition) is 5. The number of nitrogens with one attached hydrogen (secondary N) is 1. The van der Waals surface area contributed by atoms with E-state index in [9.17, 15) is 0 Å². The lowest BCUT2D eigenvalue weighted by Crippen LogP contribution is -2.18. The van der Waals surface area contributed by atoms with Crippen molar-refractivity contribution in [2.45, 2.75) is 20.0 Å². The van der Waals surface area contributed by atoms with Crippen LogP contribution in [-0.4, -0.2) is 29.0 Å². The molecule has 96 valence electrons. The van der Waals surface area contributed by atoms with Crippen LogP contribution in [0, 0.1) is 6.92 Å². The number of aryl methyl sites for hydroxylation is 1. The lowest BCUT2D eigenvalue weighted by Gasteiger charge is -2.15. The van der Waals surface area contributed by atoms with E-state index in [2.05, 4.69) is 32.6 Å². The van der Waals surface area contributed by atoms with E-state index in [1.807, 2.05) is 32.2 Å². The van der Waals surface area contributed by atoms with Crippen LogP contribution < -0.4 is 5.32 Å². The second-order valence-corrected chi connectivity index (χ2v) is 5.36. The van der Waals surface area contributed by atoms with E-state index in [1.165, 1.54) is 0 Å². The lowest BCUT2D eigenvalue weighted by molar-refractivity contribution is 0.312. The third kappa shape index (κ3) is 3.51. The summed E-state index contributed by atoms with van der Waals surface area (Å²) in [4.78, 5) is 11.2. The number of aromatic nitrogens is 2. The summed E-state index contributed by atoms with van der Waals surface area (Å²) in [5.74, 6) is 0.908. The monoisotopic (exact) mass is 262 g/mol. The smallest absolute Gasteiger partial charge is 0.126 e. The van der Waals surface area contributed by atoms with Gasteiger partial charge in [-0.25, -0.2) is 9.97 Å². The molecule has 0 aliphatic rings. The molecule has 0 amide bonds. The third-order valence-electron chi connectivity index (χ3n) is 2.59. The molecule has 4 nitrogen and oxygen atoms in total. The molecule has 0 fully saturated rings. The minimum absolute atomic E-state index is 0.825. The molecule has 0 saturated heterocycles. The first-order chi connectivity index (χ1) is 8.67. The first-order valence-corrected chi connectivity index (χ1v) is 6.78. The van der Waals surface area contributed by atoms with Gasteiger partial charge in [-0.3, -0.25) is 4.90 Å². The number of anilines is 1. The molecule has 5 heteroatoms. The highest BCUT2D eigenvalue weighted by atomic mass is 32.1. The van der Waals surface area contributed by atoms with Crippen molar-refractivity contribution in [2.24, 2.45) is 0 Å². The number of pyridine rings is 1. The van der Waals surface area contributed by atoms with Crippen LogP contribution in [0.15, 0.2) is 23.6 Å². The quantitative estimate of drug-likeness (QED) is 0.899. The van der Waals surface area contributed by atoms with Crippen LogP contribution in [0.1, 0.15) is 16.4 Å². The molecule has 0 radical (unpaired) electrons. The molecule has 18 heavy (non-hydrogen) atoms. The van der Waals surface area contributed by atoms with Crippen molar-refractivity contribution in [1.82, 2.24) is 14.9 Å². The van der Waals surface area contributed by atoms with E-state index in [0.29, 0.717) is 0 Å². The molecule has 0 unspecified atom stereocenters. The largest absolute Gasteiger partial charge is 0.373 e. The van der Waals surface area contributed by atoms with Crippen molar-refractivity contribution in [3.63, 3.8) is 0 Å². The van der Waals surface area contributed by atoms with Gasteiger partial charge in [0.05, 0.1) is 16.4 Å². The third-order valence-corrected chi connectivity index (χ3v) is 3.42. The topological polar surface area (TPSA) is 41.0 Å². The van der Waals surface area contributed by atoms with Crippen molar-refractivity contribution in [3.05, 3.63) is 40.0 Å². The fourth-order valence-corrected chi connectivity index (χ4v) is 2.40. The molecule has 0 aliphatic carbocycles. The Labute approximate surface area is 112 Å². The van der Waals surface area contributed by atoms with Gasteiger partial charge >= 0.3 is 0 Å². The summed E-state index contributed by atoms with van der Waals surface area (Å²) in [6, 6.07) is 6.03. The van der Waals surface area contributed by atoms with Crippen LogP contribution in [0.25, 0.3) is 0 Å². The summed E-state index contributed by atoms with van der Waals surface area (Å²) in [5, 5.41) is 6.29. The van der Waals surface area contributed by atoms with E-state index >= 15 is 0 Å². The summed E-state index contributed by atoms with van der Waals surface area (Å²) in [6.45, 7) is 3.72. The van der Waals surface area contributed by atoms with E-state index in [4.69, 9.17) is 0 Å². The molecule has 0 saturated carbocycles. The van der Waals surface area contributed by atoms with Gasteiger partial charge in [-0.15, -0.1) is 11.3 Å². The molecule has 0 aliphatic heterocycles. The second-order valence-electron chi connectivity index (χ2n) is 4.29. The molecule has 2 rings (SSSR count). The van der Waals surface area contributed by atoms with Crippen LogP contribution in [0.2, 0.25) is 0 Å². The van der Waals surface area contributed by atoms with Gasteiger partial charge in [0.1, 0.15) is 5.82 Å². The Bertz CT molecular complexity index is 509. The van der Waals surface area contributed by atoms with Gasteiger partial charge in [-0.1, -0.05) is 6.07 Å². The minimum Gasteiger partial charge on any atom is -0.373 e. The van der Waals surface area contributed by atoms with Crippen LogP contribution in [-0.2, 0) is 13.1 Å². The predicted octanol–water partition coefficient (Wildman–Crippen LogP) is 2.52. The molecule has 0 aromatic carbocycles. The summed E-state index contributed by atoms with van der Waals surface area (Å²) in [6.07, 6.45) is 0. The van der Waals surface area contributed by atoms with Crippen molar-refractivity contribution in [1.29, 1.82) is 0 Å². The van der Waals surface area contributed by atoms with Gasteiger partial charge in [0.2, 0.25) is 0 Å². The Morgan fingerprint density at radius 1 is 1.22 bits per heavy atom. The number of hydrogen-bond donors (Lipinski definition) is 1. The normalized spacial score (nSPS) is 10.9. The lowest BCUT2D eigenvalue weighted by atomic mass is 10.3. The van der Waals surface area contributed by atoms with Gasteiger partial charge in [-0.05, 0) is 26.1 Å². The molecular weight excluding hydrogens is 244 g/mol. The molecule has 0 atom stereocenters. The number of thiazole rings is 1. The van der Waals surface area contributed by atoms with Crippen molar-refractivity contribution < 1.29 is 0 Å². The van der Waals surface area contributed by atoms with Crippen molar-refractivity contribution in [3.8, 4) is 0 Å². The summed E-state index contributed by atoms with van der Waals surface area (Å²) < 4.78 is 0. The Kier molecular flexibility index (Phi) is 4.28. The highest BCUT2D eigenvalue weighted by Gasteiger charge is 2.05. The Morgan fingerprint density at radius 2 is 2.00 bits per heavy atom. The first-order valence-electron chi connectivity index (χ1n) is 5.90. The minimum atomic E-state index is 0.825. The first kappa shape index (κ1) is 13.0. The van der Waals surface area contributed by atoms with Gasteiger partial charge in [0.25, 0.3) is 0 Å². The van der Waals surface area contributed by atoms with Gasteiger partial charge < -0.3 is 5.32 Å². The summed E-state index contributed by atoms with van der Waals surface area (Å²) in [5.41, 5.74) is 2.20. The molecule has 0 bridgehead atoms. The van der Waals surface area contributed by atoms with Crippen LogP contribution in [0.5, 0.6) is 0 Å². The summed E-state index contributed by atoms with van der Waals surface area (Å²) >= 11 is 1.70. The summed E-state index contributed by atoms with van der Waals surface area (Å²) in [7, 11) is 3.97. The van der Waals surface area contributed by atoms with Crippen LogP contribution >= 0.6 is 11.3 Å². The van der Waals surface area contributed by atoms with Gasteiger partial charge in [-0.2, -0.15) is 0 Å². The molecule has 1 N–H and O–H groups in total. The van der Waals surface area contributed by atoms with Crippen molar-refractivity contribution >= 4 is 17.2 Å². The number of nitrogens with zero attached hydrogens (tertiary/aromatic N) is 3. The Hall–Kier alpha value is -1.46. The zero-order valence-electron chi connectivity index (χ0n) is 11.0. The van der Waals surface area contributed by atoms with E-state index in [-0.39, 0.29) is 0 Å². The maximum absolute atomic E-state index is 4.51. The maximum Gasteiger partial charge on any atom is 0.126 e. The zero-order chi connectivity index (χ0) is 13.0. The van der Waals surface area contributed by atoms with E-state index < -0.39 is 0 Å². The maximum atomic E-state index is 4.51. The standard InChI is InChI=1S/C13H18N4S/c1-10-15-12(9-18-10)8-17(3)7-11-5-4-6-13(14-2)16-11/h4-6,9H,7-8H2,1-3H3,(H,14,16). The van der Waals surface area contributed by atoms with Crippen LogP contribution in [0.4, 0.5) is 5.82 Å². The Balaban J connectivity index is 1.96. The van der Waals surface area contributed by atoms with Gasteiger partial charge in [0, 0.05) is 25.5 Å². The molecule has 0 spiro atoms.